The molecule has 174 valence electrons. The number of ketones is 1. The average Bonchev–Trinajstić information content (AvgIpc) is 3.18. The van der Waals surface area contributed by atoms with Crippen LogP contribution in [0.15, 0.2) is 53.7 Å². The van der Waals surface area contributed by atoms with Crippen LogP contribution in [-0.4, -0.2) is 29.8 Å². The highest BCUT2D eigenvalue weighted by atomic mass is 35.5. The Kier molecular flexibility index (Phi) is 5.83. The normalized spacial score (nSPS) is 18.2. The van der Waals surface area contributed by atoms with Crippen LogP contribution in [0.5, 0.6) is 0 Å². The molecular formula is C23H16ClF3N4O3. The Morgan fingerprint density at radius 3 is 2.53 bits per heavy atom. The first-order chi connectivity index (χ1) is 16.1. The first kappa shape index (κ1) is 23.3. The van der Waals surface area contributed by atoms with Gasteiger partial charge in [0, 0.05) is 29.8 Å². The maximum Gasteiger partial charge on any atom is 0.416 e. The topological polar surface area (TPSA) is 93.5 Å². The van der Waals surface area contributed by atoms with Crippen LogP contribution in [-0.2, 0) is 11.0 Å². The highest BCUT2D eigenvalue weighted by Crippen LogP contribution is 2.47. The third-order valence-electron chi connectivity index (χ3n) is 5.69. The maximum absolute atomic E-state index is 13.6. The lowest BCUT2D eigenvalue weighted by molar-refractivity contribution is -0.137. The lowest BCUT2D eigenvalue weighted by atomic mass is 9.92. The van der Waals surface area contributed by atoms with Gasteiger partial charge in [-0.15, -0.1) is 0 Å². The zero-order valence-electron chi connectivity index (χ0n) is 17.6. The fraction of sp³-hybridized carbons (Fsp3) is 0.217. The van der Waals surface area contributed by atoms with Gasteiger partial charge in [0.25, 0.3) is 0 Å². The van der Waals surface area contributed by atoms with Gasteiger partial charge >= 0.3 is 18.2 Å². The van der Waals surface area contributed by atoms with Gasteiger partial charge in [-0.2, -0.15) is 18.4 Å². The van der Waals surface area contributed by atoms with Crippen LogP contribution in [0.2, 0.25) is 5.02 Å². The van der Waals surface area contributed by atoms with Crippen LogP contribution in [0.1, 0.15) is 35.6 Å². The molecule has 2 aromatic rings. The van der Waals surface area contributed by atoms with Crippen molar-refractivity contribution in [1.29, 1.82) is 5.26 Å². The lowest BCUT2D eigenvalue weighted by Crippen LogP contribution is -2.54. The van der Waals surface area contributed by atoms with Gasteiger partial charge in [0.05, 0.1) is 22.9 Å². The number of anilines is 1. The van der Waals surface area contributed by atoms with Crippen molar-refractivity contribution in [2.75, 3.05) is 11.9 Å². The third kappa shape index (κ3) is 3.78. The number of hydrogen-bond donors (Lipinski definition) is 1. The van der Waals surface area contributed by atoms with Crippen LogP contribution < -0.4 is 10.2 Å². The zero-order chi connectivity index (χ0) is 24.8. The maximum atomic E-state index is 13.6. The van der Waals surface area contributed by atoms with Gasteiger partial charge in [0.15, 0.2) is 5.78 Å². The van der Waals surface area contributed by atoms with E-state index in [9.17, 15) is 27.6 Å². The molecule has 0 spiro atoms. The molecule has 4 amide bonds. The number of nitrogens with one attached hydrogen (secondary N) is 1. The Bertz CT molecular complexity index is 1300. The smallest absolute Gasteiger partial charge is 0.341 e. The number of hydrogen-bond acceptors (Lipinski definition) is 4. The molecule has 0 saturated carbocycles. The fourth-order valence-electron chi connectivity index (χ4n) is 4.19. The van der Waals surface area contributed by atoms with Gasteiger partial charge in [0.1, 0.15) is 6.04 Å². The number of Topliss-reactive ketones (excluding diaryl/α,β-unsaturated/α-hetero) is 1. The van der Waals surface area contributed by atoms with E-state index >= 15 is 0 Å². The molecule has 1 heterocycles. The highest BCUT2D eigenvalue weighted by Gasteiger charge is 2.49. The van der Waals surface area contributed by atoms with Crippen LogP contribution in [0, 0.1) is 11.3 Å². The van der Waals surface area contributed by atoms with Gasteiger partial charge < -0.3 is 5.32 Å². The number of nitrogens with zero attached hydrogens (tertiary/aromatic N) is 3. The van der Waals surface area contributed by atoms with Crippen molar-refractivity contribution in [2.24, 2.45) is 0 Å². The van der Waals surface area contributed by atoms with E-state index in [2.05, 4.69) is 5.32 Å². The van der Waals surface area contributed by atoms with Crippen LogP contribution in [0.4, 0.5) is 28.4 Å². The van der Waals surface area contributed by atoms with Crippen LogP contribution in [0.3, 0.4) is 0 Å². The van der Waals surface area contributed by atoms with E-state index in [0.717, 1.165) is 28.0 Å². The molecule has 2 aromatic carbocycles. The number of nitriles is 1. The number of halogens is 4. The summed E-state index contributed by atoms with van der Waals surface area (Å²) >= 11 is 6.37. The number of benzene rings is 2. The number of urea groups is 2. The first-order valence-electron chi connectivity index (χ1n) is 10.1. The molecule has 1 aliphatic carbocycles. The Hall–Kier alpha value is -3.84. The summed E-state index contributed by atoms with van der Waals surface area (Å²) in [5.41, 5.74) is -0.329. The second-order valence-corrected chi connectivity index (χ2v) is 8.03. The largest absolute Gasteiger partial charge is 0.416 e. The summed E-state index contributed by atoms with van der Waals surface area (Å²) in [6.45, 7) is 0. The van der Waals surface area contributed by atoms with E-state index in [4.69, 9.17) is 16.9 Å². The van der Waals surface area contributed by atoms with Gasteiger partial charge in [-0.25, -0.2) is 14.5 Å². The van der Waals surface area contributed by atoms with E-state index < -0.39 is 29.8 Å². The van der Waals surface area contributed by atoms with Crippen molar-refractivity contribution in [3.8, 4) is 6.07 Å². The molecule has 1 N–H and O–H groups in total. The molecule has 7 nitrogen and oxygen atoms in total. The molecule has 0 fully saturated rings. The summed E-state index contributed by atoms with van der Waals surface area (Å²) in [7, 11) is 1.28. The standard InChI is InChI=1S/C23H16ClF3N4O3/c1-29-21(33)31-20(15-6-5-12(11-28)9-16(15)24)19-17(7-8-18(19)32)30(22(31)34)14-4-2-3-13(10-14)23(25,26)27/h2-6,9-10,20H,7-8H2,1H3,(H,29,33). The fourth-order valence-corrected chi connectivity index (χ4v) is 4.48. The van der Waals surface area contributed by atoms with Crippen LogP contribution >= 0.6 is 11.6 Å². The molecule has 0 saturated heterocycles. The predicted octanol–water partition coefficient (Wildman–Crippen LogP) is 5.17. The quantitative estimate of drug-likeness (QED) is 0.631. The molecule has 2 aliphatic rings. The van der Waals surface area contributed by atoms with E-state index in [1.54, 1.807) is 0 Å². The summed E-state index contributed by atoms with van der Waals surface area (Å²) < 4.78 is 40.0. The molecule has 34 heavy (non-hydrogen) atoms. The molecule has 1 aliphatic heterocycles. The van der Waals surface area contributed by atoms with E-state index in [1.807, 2.05) is 6.07 Å². The van der Waals surface area contributed by atoms with E-state index in [-0.39, 0.29) is 51.7 Å². The van der Waals surface area contributed by atoms with Gasteiger partial charge in [0.2, 0.25) is 0 Å². The Balaban J connectivity index is 1.96. The van der Waals surface area contributed by atoms with Gasteiger partial charge in [-0.1, -0.05) is 23.7 Å². The van der Waals surface area contributed by atoms with Crippen molar-refractivity contribution < 1.29 is 27.6 Å². The average molecular weight is 489 g/mol. The molecule has 11 heteroatoms. The Labute approximate surface area is 197 Å². The van der Waals surface area contributed by atoms with Crippen molar-refractivity contribution >= 4 is 35.1 Å². The Morgan fingerprint density at radius 2 is 1.91 bits per heavy atom. The lowest BCUT2D eigenvalue weighted by Gasteiger charge is -2.41. The molecule has 0 radical (unpaired) electrons. The molecule has 0 aromatic heterocycles. The number of carbonyl (C=O) groups excluding carboxylic acids is 3. The molecule has 0 bridgehead atoms. The number of amides is 4. The molecule has 4 rings (SSSR count). The Morgan fingerprint density at radius 1 is 1.18 bits per heavy atom. The third-order valence-corrected chi connectivity index (χ3v) is 6.01. The predicted molar refractivity (Wildman–Crippen MR) is 116 cm³/mol. The minimum absolute atomic E-state index is 0.0133. The van der Waals surface area contributed by atoms with Gasteiger partial charge in [-0.05, 0) is 42.3 Å². The summed E-state index contributed by atoms with van der Waals surface area (Å²) in [6, 6.07) is 7.26. The number of alkyl halides is 3. The van der Waals surface area contributed by atoms with E-state index in [0.29, 0.717) is 0 Å². The van der Waals surface area contributed by atoms with Crippen molar-refractivity contribution in [2.45, 2.75) is 25.1 Å². The van der Waals surface area contributed by atoms with Crippen molar-refractivity contribution in [1.82, 2.24) is 10.2 Å². The van der Waals surface area contributed by atoms with Crippen molar-refractivity contribution in [3.05, 3.63) is 75.4 Å². The molecular weight excluding hydrogens is 473 g/mol. The number of imide groups is 1. The summed E-state index contributed by atoms with van der Waals surface area (Å²) in [6.07, 6.45) is -4.54. The second kappa shape index (κ2) is 8.50. The summed E-state index contributed by atoms with van der Waals surface area (Å²) in [5.74, 6) is -0.362. The second-order valence-electron chi connectivity index (χ2n) is 7.63. The minimum atomic E-state index is -4.66. The summed E-state index contributed by atoms with van der Waals surface area (Å²) in [5, 5.41) is 11.5. The summed E-state index contributed by atoms with van der Waals surface area (Å²) in [4.78, 5) is 41.2. The number of rotatable bonds is 2. The highest BCUT2D eigenvalue weighted by molar-refractivity contribution is 6.31. The minimum Gasteiger partial charge on any atom is -0.341 e. The molecule has 1 unspecified atom stereocenters. The van der Waals surface area contributed by atoms with Gasteiger partial charge in [-0.3, -0.25) is 9.69 Å². The van der Waals surface area contributed by atoms with E-state index in [1.165, 1.54) is 31.3 Å². The SMILES string of the molecule is CNC(=O)N1C(=O)N(c2cccc(C(F)(F)F)c2)C2=C(C(=O)CC2)C1c1ccc(C#N)cc1Cl. The first-order valence-corrected chi connectivity index (χ1v) is 10.4. The van der Waals surface area contributed by atoms with Crippen LogP contribution in [0.25, 0.3) is 0 Å². The monoisotopic (exact) mass is 488 g/mol. The molecule has 1 atom stereocenters. The van der Waals surface area contributed by atoms with Crippen molar-refractivity contribution in [3.63, 3.8) is 0 Å². The number of carbonyl (C=O) groups is 3. The zero-order valence-corrected chi connectivity index (χ0v) is 18.4. The number of allylic oxidation sites excluding steroid dienone is 1.